The van der Waals surface area contributed by atoms with Crippen LogP contribution in [0.1, 0.15) is 25.3 Å². The van der Waals surface area contributed by atoms with Crippen LogP contribution in [0.3, 0.4) is 0 Å². The molecule has 0 fully saturated rings. The molecular weight excluding hydrogens is 256 g/mol. The molecule has 1 rings (SSSR count). The zero-order chi connectivity index (χ0) is 13.4. The third kappa shape index (κ3) is 5.32. The highest BCUT2D eigenvalue weighted by molar-refractivity contribution is 6.18. The van der Waals surface area contributed by atoms with E-state index in [1.807, 2.05) is 0 Å². The van der Waals surface area contributed by atoms with Crippen LogP contribution in [0.2, 0.25) is 0 Å². The van der Waals surface area contributed by atoms with E-state index in [0.29, 0.717) is 18.3 Å². The van der Waals surface area contributed by atoms with Crippen LogP contribution in [-0.4, -0.2) is 19.0 Å². The molecule has 102 valence electrons. The summed E-state index contributed by atoms with van der Waals surface area (Å²) in [6, 6.07) is 7.91. The molecule has 0 aliphatic rings. The number of benzene rings is 1. The van der Waals surface area contributed by atoms with E-state index in [4.69, 9.17) is 11.6 Å². The van der Waals surface area contributed by atoms with Crippen molar-refractivity contribution in [3.05, 3.63) is 35.9 Å². The van der Waals surface area contributed by atoms with Gasteiger partial charge >= 0.3 is 0 Å². The smallest absolute Gasteiger partial charge is 0.285 e. The molecule has 1 N–H and O–H groups in total. The highest BCUT2D eigenvalue weighted by Crippen LogP contribution is 2.26. The molecule has 0 aliphatic heterocycles. The second kappa shape index (κ2) is 7.70. The first-order valence-electron chi connectivity index (χ1n) is 6.26. The summed E-state index contributed by atoms with van der Waals surface area (Å²) < 4.78 is 27.4. The molecule has 0 radical (unpaired) electrons. The predicted octanol–water partition coefficient (Wildman–Crippen LogP) is 4.02. The summed E-state index contributed by atoms with van der Waals surface area (Å²) >= 11 is 5.68. The van der Waals surface area contributed by atoms with Crippen molar-refractivity contribution >= 4 is 11.6 Å². The molecule has 0 aromatic heterocycles. The molecule has 0 saturated carbocycles. The van der Waals surface area contributed by atoms with E-state index >= 15 is 0 Å². The van der Waals surface area contributed by atoms with Crippen LogP contribution in [0.4, 0.5) is 8.78 Å². The summed E-state index contributed by atoms with van der Waals surface area (Å²) in [7, 11) is 0. The van der Waals surface area contributed by atoms with Gasteiger partial charge in [-0.25, -0.2) is 0 Å². The van der Waals surface area contributed by atoms with E-state index in [-0.39, 0.29) is 12.1 Å². The Kier molecular flexibility index (Phi) is 6.58. The topological polar surface area (TPSA) is 12.0 Å². The van der Waals surface area contributed by atoms with Crippen molar-refractivity contribution in [2.45, 2.75) is 25.7 Å². The summed E-state index contributed by atoms with van der Waals surface area (Å²) in [5.74, 6) is -1.73. The summed E-state index contributed by atoms with van der Waals surface area (Å²) in [6.45, 7) is 2.35. The van der Waals surface area contributed by atoms with Crippen LogP contribution < -0.4 is 5.32 Å². The molecule has 4 heteroatoms. The van der Waals surface area contributed by atoms with E-state index in [9.17, 15) is 8.78 Å². The van der Waals surface area contributed by atoms with Crippen molar-refractivity contribution in [1.82, 2.24) is 5.32 Å². The van der Waals surface area contributed by atoms with Gasteiger partial charge in [0.2, 0.25) is 0 Å². The third-order valence-corrected chi connectivity index (χ3v) is 3.38. The second-order valence-corrected chi connectivity index (χ2v) is 4.96. The Labute approximate surface area is 113 Å². The number of hydrogen-bond acceptors (Lipinski definition) is 1. The number of nitrogens with one attached hydrogen (secondary N) is 1. The lowest BCUT2D eigenvalue weighted by molar-refractivity contribution is -0.00304. The standard InChI is InChI=1S/C14H20ClF2N/c1-12(10-15)6-5-9-18-11-14(16,17)13-7-3-2-4-8-13/h2-4,7-8,12,18H,5-6,9-11H2,1H3. The first-order chi connectivity index (χ1) is 8.56. The van der Waals surface area contributed by atoms with Crippen molar-refractivity contribution in [3.63, 3.8) is 0 Å². The molecule has 0 bridgehead atoms. The number of rotatable bonds is 8. The highest BCUT2D eigenvalue weighted by Gasteiger charge is 2.30. The lowest BCUT2D eigenvalue weighted by Gasteiger charge is -2.17. The Balaban J connectivity index is 2.26. The summed E-state index contributed by atoms with van der Waals surface area (Å²) in [5, 5.41) is 2.81. The van der Waals surface area contributed by atoms with Crippen molar-refractivity contribution in [2.75, 3.05) is 19.0 Å². The van der Waals surface area contributed by atoms with Gasteiger partial charge in [-0.3, -0.25) is 0 Å². The van der Waals surface area contributed by atoms with Gasteiger partial charge in [0.05, 0.1) is 6.54 Å². The maximum Gasteiger partial charge on any atom is 0.285 e. The Hall–Kier alpha value is -0.670. The minimum absolute atomic E-state index is 0.0617. The van der Waals surface area contributed by atoms with Gasteiger partial charge in [0, 0.05) is 11.4 Å². The zero-order valence-electron chi connectivity index (χ0n) is 10.6. The first kappa shape index (κ1) is 15.4. The van der Waals surface area contributed by atoms with Gasteiger partial charge in [-0.15, -0.1) is 11.6 Å². The van der Waals surface area contributed by atoms with Crippen LogP contribution >= 0.6 is 11.6 Å². The lowest BCUT2D eigenvalue weighted by Crippen LogP contribution is -2.31. The Morgan fingerprint density at radius 2 is 1.94 bits per heavy atom. The van der Waals surface area contributed by atoms with Crippen molar-refractivity contribution in [1.29, 1.82) is 0 Å². The van der Waals surface area contributed by atoms with Gasteiger partial charge < -0.3 is 5.32 Å². The van der Waals surface area contributed by atoms with Crippen molar-refractivity contribution < 1.29 is 8.78 Å². The molecule has 0 amide bonds. The second-order valence-electron chi connectivity index (χ2n) is 4.65. The summed E-state index contributed by atoms with van der Waals surface area (Å²) in [6.07, 6.45) is 1.84. The molecule has 1 atom stereocenters. The maximum absolute atomic E-state index is 13.7. The van der Waals surface area contributed by atoms with E-state index in [2.05, 4.69) is 12.2 Å². The fourth-order valence-corrected chi connectivity index (χ4v) is 1.84. The monoisotopic (exact) mass is 275 g/mol. The van der Waals surface area contributed by atoms with Gasteiger partial charge in [-0.05, 0) is 25.3 Å². The SMILES string of the molecule is CC(CCl)CCCNCC(F)(F)c1ccccc1. The maximum atomic E-state index is 13.7. The largest absolute Gasteiger partial charge is 0.311 e. The highest BCUT2D eigenvalue weighted by atomic mass is 35.5. The summed E-state index contributed by atoms with van der Waals surface area (Å²) in [5.41, 5.74) is 0.0617. The average molecular weight is 276 g/mol. The van der Waals surface area contributed by atoms with Gasteiger partial charge in [-0.1, -0.05) is 37.3 Å². The minimum Gasteiger partial charge on any atom is -0.311 e. The molecule has 1 unspecified atom stereocenters. The van der Waals surface area contributed by atoms with Gasteiger partial charge in [0.25, 0.3) is 5.92 Å². The fourth-order valence-electron chi connectivity index (χ4n) is 1.68. The minimum atomic E-state index is -2.81. The Bertz CT molecular complexity index is 330. The normalized spacial score (nSPS) is 13.6. The molecule has 1 aromatic rings. The van der Waals surface area contributed by atoms with Crippen LogP contribution in [0.5, 0.6) is 0 Å². The molecule has 0 heterocycles. The fraction of sp³-hybridized carbons (Fsp3) is 0.571. The van der Waals surface area contributed by atoms with Gasteiger partial charge in [-0.2, -0.15) is 8.78 Å². The number of alkyl halides is 3. The zero-order valence-corrected chi connectivity index (χ0v) is 11.4. The molecular formula is C14H20ClF2N. The van der Waals surface area contributed by atoms with Gasteiger partial charge in [0.15, 0.2) is 0 Å². The van der Waals surface area contributed by atoms with E-state index < -0.39 is 5.92 Å². The summed E-state index contributed by atoms with van der Waals surface area (Å²) in [4.78, 5) is 0. The van der Waals surface area contributed by atoms with Gasteiger partial charge in [0.1, 0.15) is 0 Å². The van der Waals surface area contributed by atoms with Crippen LogP contribution in [0.25, 0.3) is 0 Å². The van der Waals surface area contributed by atoms with Crippen LogP contribution in [0.15, 0.2) is 30.3 Å². The molecule has 0 saturated heterocycles. The average Bonchev–Trinajstić information content (AvgIpc) is 2.39. The van der Waals surface area contributed by atoms with E-state index in [1.165, 1.54) is 12.1 Å². The van der Waals surface area contributed by atoms with E-state index in [1.54, 1.807) is 18.2 Å². The molecule has 0 spiro atoms. The first-order valence-corrected chi connectivity index (χ1v) is 6.79. The van der Waals surface area contributed by atoms with E-state index in [0.717, 1.165) is 12.8 Å². The van der Waals surface area contributed by atoms with Crippen molar-refractivity contribution in [2.24, 2.45) is 5.92 Å². The Morgan fingerprint density at radius 3 is 2.56 bits per heavy atom. The van der Waals surface area contributed by atoms with Crippen LogP contribution in [-0.2, 0) is 5.92 Å². The van der Waals surface area contributed by atoms with Crippen molar-refractivity contribution in [3.8, 4) is 0 Å². The number of hydrogen-bond donors (Lipinski definition) is 1. The molecule has 1 aromatic carbocycles. The number of halogens is 3. The van der Waals surface area contributed by atoms with Crippen LogP contribution in [0, 0.1) is 5.92 Å². The molecule has 0 aliphatic carbocycles. The lowest BCUT2D eigenvalue weighted by atomic mass is 10.1. The predicted molar refractivity (Wildman–Crippen MR) is 72.3 cm³/mol. The Morgan fingerprint density at radius 1 is 1.28 bits per heavy atom. The molecule has 1 nitrogen and oxygen atoms in total. The molecule has 18 heavy (non-hydrogen) atoms. The quantitative estimate of drug-likeness (QED) is 0.558. The third-order valence-electron chi connectivity index (χ3n) is 2.86.